The van der Waals surface area contributed by atoms with Gasteiger partial charge >= 0.3 is 12.1 Å². The molecule has 2 aromatic rings. The quantitative estimate of drug-likeness (QED) is 0.525. The van der Waals surface area contributed by atoms with Crippen molar-refractivity contribution in [3.8, 4) is 11.1 Å². The fraction of sp³-hybridized carbons (Fsp3) is 0.318. The van der Waals surface area contributed by atoms with Gasteiger partial charge in [-0.3, -0.25) is 9.59 Å². The number of alkyl carbamates (subject to hydrolysis) is 1. The lowest BCUT2D eigenvalue weighted by Gasteiger charge is -2.20. The third-order valence-corrected chi connectivity index (χ3v) is 4.99. The molecule has 0 spiro atoms. The van der Waals surface area contributed by atoms with Crippen molar-refractivity contribution in [2.45, 2.75) is 31.3 Å². The molecule has 0 aliphatic heterocycles. The van der Waals surface area contributed by atoms with Crippen LogP contribution in [0.4, 0.5) is 4.79 Å². The molecule has 8 heteroatoms. The highest BCUT2D eigenvalue weighted by Crippen LogP contribution is 2.44. The Kier molecular flexibility index (Phi) is 6.68. The molecule has 0 fully saturated rings. The van der Waals surface area contributed by atoms with Crippen molar-refractivity contribution in [3.05, 3.63) is 59.7 Å². The average molecular weight is 412 g/mol. The highest BCUT2D eigenvalue weighted by molar-refractivity contribution is 5.89. The summed E-state index contributed by atoms with van der Waals surface area (Å²) in [6.07, 6.45) is -1.48. The smallest absolute Gasteiger partial charge is 0.407 e. The first kappa shape index (κ1) is 21.3. The third kappa shape index (κ3) is 4.77. The molecule has 0 aromatic heterocycles. The van der Waals surface area contributed by atoms with Gasteiger partial charge in [-0.25, -0.2) is 4.79 Å². The summed E-state index contributed by atoms with van der Waals surface area (Å²) in [5, 5.41) is 22.8. The fourth-order valence-corrected chi connectivity index (χ4v) is 3.56. The van der Waals surface area contributed by atoms with Crippen LogP contribution in [0.1, 0.15) is 30.4 Å². The van der Waals surface area contributed by atoms with E-state index in [4.69, 9.17) is 14.9 Å². The highest BCUT2D eigenvalue weighted by atomic mass is 16.5. The summed E-state index contributed by atoms with van der Waals surface area (Å²) >= 11 is 0. The molecule has 2 unspecified atom stereocenters. The number of aliphatic carboxylic acids is 1. The Bertz CT molecular complexity index is 899. The number of hydrogen-bond acceptors (Lipinski definition) is 5. The van der Waals surface area contributed by atoms with Gasteiger partial charge in [-0.1, -0.05) is 48.5 Å². The number of carboxylic acid groups (broad SMARTS) is 1. The molecular formula is C22H24N2O6. The predicted molar refractivity (Wildman–Crippen MR) is 109 cm³/mol. The summed E-state index contributed by atoms with van der Waals surface area (Å²) in [6.45, 7) is 1.30. The number of carbonyl (C=O) groups is 3. The molecule has 158 valence electrons. The van der Waals surface area contributed by atoms with Crippen LogP contribution in [0.3, 0.4) is 0 Å². The number of aliphatic hydroxyl groups is 1. The van der Waals surface area contributed by atoms with Gasteiger partial charge in [0, 0.05) is 12.0 Å². The van der Waals surface area contributed by atoms with Gasteiger partial charge in [0.25, 0.3) is 0 Å². The number of hydrogen-bond donors (Lipinski definition) is 4. The van der Waals surface area contributed by atoms with Gasteiger partial charge in [0.05, 0.1) is 13.0 Å². The number of ether oxygens (including phenoxy) is 1. The Morgan fingerprint density at radius 2 is 1.57 bits per heavy atom. The number of carboxylic acids is 1. The monoisotopic (exact) mass is 412 g/mol. The van der Waals surface area contributed by atoms with Crippen LogP contribution in [0.15, 0.2) is 48.5 Å². The van der Waals surface area contributed by atoms with Gasteiger partial charge in [0.1, 0.15) is 12.6 Å². The molecule has 1 aliphatic carbocycles. The second-order valence-electron chi connectivity index (χ2n) is 7.21. The molecule has 2 aromatic carbocycles. The zero-order chi connectivity index (χ0) is 21.7. The van der Waals surface area contributed by atoms with E-state index in [-0.39, 0.29) is 19.1 Å². The van der Waals surface area contributed by atoms with Crippen LogP contribution in [0.2, 0.25) is 0 Å². The molecule has 0 radical (unpaired) electrons. The normalized spacial score (nSPS) is 14.2. The van der Waals surface area contributed by atoms with Gasteiger partial charge < -0.3 is 25.6 Å². The van der Waals surface area contributed by atoms with E-state index in [2.05, 4.69) is 10.6 Å². The zero-order valence-electron chi connectivity index (χ0n) is 16.5. The summed E-state index contributed by atoms with van der Waals surface area (Å²) in [6, 6.07) is 13.9. The van der Waals surface area contributed by atoms with Crippen LogP contribution in [0.5, 0.6) is 0 Å². The lowest BCUT2D eigenvalue weighted by molar-refractivity contribution is -0.140. The van der Waals surface area contributed by atoms with E-state index in [0.29, 0.717) is 0 Å². The number of rotatable bonds is 8. The lowest BCUT2D eigenvalue weighted by Crippen LogP contribution is -2.50. The van der Waals surface area contributed by atoms with Crippen LogP contribution < -0.4 is 10.6 Å². The summed E-state index contributed by atoms with van der Waals surface area (Å²) < 4.78 is 5.36. The minimum absolute atomic E-state index is 0.0499. The first-order valence-corrected chi connectivity index (χ1v) is 9.65. The van der Waals surface area contributed by atoms with Crippen molar-refractivity contribution in [1.82, 2.24) is 10.6 Å². The number of carbonyl (C=O) groups excluding carboxylic acids is 2. The molecule has 0 saturated carbocycles. The Balaban J connectivity index is 1.67. The Labute approximate surface area is 173 Å². The van der Waals surface area contributed by atoms with Gasteiger partial charge in [0.15, 0.2) is 0 Å². The first-order valence-electron chi connectivity index (χ1n) is 9.65. The number of amides is 2. The molecule has 4 N–H and O–H groups in total. The van der Waals surface area contributed by atoms with Crippen molar-refractivity contribution in [2.75, 3.05) is 13.2 Å². The van der Waals surface area contributed by atoms with E-state index in [1.54, 1.807) is 6.92 Å². The van der Waals surface area contributed by atoms with Crippen LogP contribution >= 0.6 is 0 Å². The molecule has 0 heterocycles. The maximum absolute atomic E-state index is 12.3. The van der Waals surface area contributed by atoms with E-state index in [1.807, 2.05) is 48.5 Å². The second kappa shape index (κ2) is 9.41. The number of fused-ring (bicyclic) bond motifs is 3. The molecule has 3 rings (SSSR count). The minimum Gasteiger partial charge on any atom is -0.481 e. The van der Waals surface area contributed by atoms with E-state index < -0.39 is 36.5 Å². The van der Waals surface area contributed by atoms with Gasteiger partial charge in [0.2, 0.25) is 5.91 Å². The summed E-state index contributed by atoms with van der Waals surface area (Å²) in [7, 11) is 0. The Morgan fingerprint density at radius 3 is 2.10 bits per heavy atom. The molecule has 0 bridgehead atoms. The highest BCUT2D eigenvalue weighted by Gasteiger charge is 2.30. The standard InChI is InChI=1S/C22H24N2O6/c1-13(11-25)23-21(28)19(10-20(26)27)24-22(29)30-12-18-16-8-4-2-6-14(16)15-7-3-5-9-17(15)18/h2-9,13,18-19,25H,10-12H2,1H3,(H,23,28)(H,24,29)(H,26,27). The van der Waals surface area contributed by atoms with E-state index in [0.717, 1.165) is 22.3 Å². The molecule has 8 nitrogen and oxygen atoms in total. The topological polar surface area (TPSA) is 125 Å². The number of nitrogens with one attached hydrogen (secondary N) is 2. The van der Waals surface area contributed by atoms with E-state index in [1.165, 1.54) is 0 Å². The van der Waals surface area contributed by atoms with Crippen LogP contribution in [0.25, 0.3) is 11.1 Å². The molecular weight excluding hydrogens is 388 g/mol. The van der Waals surface area contributed by atoms with Crippen LogP contribution in [-0.4, -0.2) is 53.5 Å². The van der Waals surface area contributed by atoms with Crippen molar-refractivity contribution in [1.29, 1.82) is 0 Å². The maximum Gasteiger partial charge on any atom is 0.407 e. The van der Waals surface area contributed by atoms with Crippen molar-refractivity contribution >= 4 is 18.0 Å². The SMILES string of the molecule is CC(CO)NC(=O)C(CC(=O)O)NC(=O)OCC1c2ccccc2-c2ccccc21. The first-order chi connectivity index (χ1) is 14.4. The largest absolute Gasteiger partial charge is 0.481 e. The molecule has 30 heavy (non-hydrogen) atoms. The van der Waals surface area contributed by atoms with Crippen molar-refractivity contribution < 1.29 is 29.3 Å². The van der Waals surface area contributed by atoms with E-state index >= 15 is 0 Å². The summed E-state index contributed by atoms with van der Waals surface area (Å²) in [4.78, 5) is 35.6. The number of benzene rings is 2. The van der Waals surface area contributed by atoms with E-state index in [9.17, 15) is 14.4 Å². The molecule has 2 amide bonds. The fourth-order valence-electron chi connectivity index (χ4n) is 3.56. The van der Waals surface area contributed by atoms with Crippen molar-refractivity contribution in [2.24, 2.45) is 0 Å². The van der Waals surface area contributed by atoms with Crippen molar-refractivity contribution in [3.63, 3.8) is 0 Å². The summed E-state index contributed by atoms with van der Waals surface area (Å²) in [5.74, 6) is -2.09. The molecule has 1 aliphatic rings. The zero-order valence-corrected chi connectivity index (χ0v) is 16.5. The van der Waals surface area contributed by atoms with Gasteiger partial charge in [-0.2, -0.15) is 0 Å². The Hall–Kier alpha value is -3.39. The maximum atomic E-state index is 12.3. The predicted octanol–water partition coefficient (Wildman–Crippen LogP) is 1.87. The minimum atomic E-state index is -1.31. The average Bonchev–Trinajstić information content (AvgIpc) is 3.05. The molecule has 0 saturated heterocycles. The number of aliphatic hydroxyl groups excluding tert-OH is 1. The van der Waals surface area contributed by atoms with Gasteiger partial charge in [-0.05, 0) is 29.2 Å². The third-order valence-electron chi connectivity index (χ3n) is 4.99. The van der Waals surface area contributed by atoms with Crippen LogP contribution in [-0.2, 0) is 14.3 Å². The van der Waals surface area contributed by atoms with Gasteiger partial charge in [-0.15, -0.1) is 0 Å². The van der Waals surface area contributed by atoms with Crippen LogP contribution in [0, 0.1) is 0 Å². The Morgan fingerprint density at radius 1 is 1.00 bits per heavy atom. The second-order valence-corrected chi connectivity index (χ2v) is 7.21. The lowest BCUT2D eigenvalue weighted by atomic mass is 9.98. The molecule has 2 atom stereocenters. The summed E-state index contributed by atoms with van der Waals surface area (Å²) in [5.41, 5.74) is 4.26.